The van der Waals surface area contributed by atoms with Crippen molar-refractivity contribution in [1.82, 2.24) is 5.32 Å². The van der Waals surface area contributed by atoms with Crippen LogP contribution in [0.25, 0.3) is 0 Å². The molecule has 1 N–H and O–H groups in total. The molecule has 0 amide bonds. The number of sulfonamides is 2. The van der Waals surface area contributed by atoms with Gasteiger partial charge in [0.05, 0.1) is 36.2 Å². The van der Waals surface area contributed by atoms with Crippen LogP contribution in [0.5, 0.6) is 5.75 Å². The van der Waals surface area contributed by atoms with Crippen LogP contribution < -0.4 is 18.7 Å². The first-order chi connectivity index (χ1) is 25.3. The van der Waals surface area contributed by atoms with Gasteiger partial charge in [0.15, 0.2) is 5.78 Å². The summed E-state index contributed by atoms with van der Waals surface area (Å²) < 4.78 is 59.2. The quantitative estimate of drug-likeness (QED) is 0.102. The first kappa shape index (κ1) is 41.3. The zero-order valence-electron chi connectivity index (χ0n) is 30.4. The van der Waals surface area contributed by atoms with E-state index in [-0.39, 0.29) is 17.2 Å². The normalized spacial score (nSPS) is 11.3. The molecule has 0 aliphatic carbocycles. The van der Waals surface area contributed by atoms with E-state index in [1.807, 2.05) is 86.6 Å². The summed E-state index contributed by atoms with van der Waals surface area (Å²) in [6.07, 6.45) is 2.06. The summed E-state index contributed by atoms with van der Waals surface area (Å²) in [5.41, 5.74) is 5.54. The number of halogens is 1. The van der Waals surface area contributed by atoms with Crippen molar-refractivity contribution in [1.29, 1.82) is 0 Å². The number of carbonyl (C=O) groups is 1. The topological polar surface area (TPSA) is 113 Å². The lowest BCUT2D eigenvalue weighted by Crippen LogP contribution is -2.37. The van der Waals surface area contributed by atoms with E-state index in [2.05, 4.69) is 21.2 Å². The molecule has 5 rings (SSSR count). The van der Waals surface area contributed by atoms with Gasteiger partial charge in [-0.25, -0.2) is 16.8 Å². The maximum absolute atomic E-state index is 13.2. The Hall–Kier alpha value is -4.49. The van der Waals surface area contributed by atoms with Crippen molar-refractivity contribution in [3.63, 3.8) is 0 Å². The molecule has 0 aromatic heterocycles. The predicted octanol–water partition coefficient (Wildman–Crippen LogP) is 7.71. The summed E-state index contributed by atoms with van der Waals surface area (Å²) in [6, 6.07) is 38.7. The van der Waals surface area contributed by atoms with Gasteiger partial charge in [-0.3, -0.25) is 13.4 Å². The number of anilines is 2. The average Bonchev–Trinajstić information content (AvgIpc) is 3.15. The zero-order valence-corrected chi connectivity index (χ0v) is 33.6. The fraction of sp³-hybridized carbons (Fsp3) is 0.244. The van der Waals surface area contributed by atoms with Crippen molar-refractivity contribution in [2.75, 3.05) is 41.6 Å². The van der Waals surface area contributed by atoms with Gasteiger partial charge in [-0.15, -0.1) is 0 Å². The fourth-order valence-corrected chi connectivity index (χ4v) is 7.89. The molecule has 53 heavy (non-hydrogen) atoms. The molecule has 0 atom stereocenters. The van der Waals surface area contributed by atoms with Gasteiger partial charge < -0.3 is 10.1 Å². The Balaban J connectivity index is 0.000000241. The molecule has 5 aromatic carbocycles. The number of hydrogen-bond acceptors (Lipinski definition) is 7. The number of ketones is 1. The predicted molar refractivity (Wildman–Crippen MR) is 218 cm³/mol. The number of carbonyl (C=O) groups excluding carboxylic acids is 1. The van der Waals surface area contributed by atoms with Crippen molar-refractivity contribution < 1.29 is 26.4 Å². The Labute approximate surface area is 322 Å². The van der Waals surface area contributed by atoms with E-state index in [9.17, 15) is 21.6 Å². The summed E-state index contributed by atoms with van der Waals surface area (Å²) in [7, 11) is -5.53. The second kappa shape index (κ2) is 19.5. The Kier molecular flexibility index (Phi) is 15.2. The number of benzene rings is 5. The third-order valence-corrected chi connectivity index (χ3v) is 11.8. The van der Waals surface area contributed by atoms with E-state index in [1.165, 1.54) is 14.2 Å². The van der Waals surface area contributed by atoms with Gasteiger partial charge in [0.2, 0.25) is 10.0 Å². The highest BCUT2D eigenvalue weighted by molar-refractivity contribution is 9.10. The standard InChI is InChI=1S/C22H23BrN2O3S.C19H23NO3S/c1-28-21-13-7-18(8-14-21)17-24-15-16-25(20-11-9-19(23)10-12-20)29(26,27)22-5-3-2-4-6-22;1-15-4-8-17(9-5-15)10-13-19(21)14-20(24(3,22)23)18-11-6-16(2)7-12-18/h2-14,24H,15-17H2,1H3;4-9,11-12H,10,13-14H2,1-3H3. The highest BCUT2D eigenvalue weighted by Crippen LogP contribution is 2.25. The number of nitrogens with one attached hydrogen (secondary N) is 1. The van der Waals surface area contributed by atoms with Crippen LogP contribution in [0, 0.1) is 13.8 Å². The van der Waals surface area contributed by atoms with Crippen LogP contribution in [0.1, 0.15) is 28.7 Å². The Morgan fingerprint density at radius 1 is 0.698 bits per heavy atom. The van der Waals surface area contributed by atoms with Crippen LogP contribution in [0.2, 0.25) is 0 Å². The molecular formula is C41H46BrN3O6S2. The number of hydrogen-bond donors (Lipinski definition) is 1. The summed E-state index contributed by atoms with van der Waals surface area (Å²) in [6.45, 7) is 5.28. The van der Waals surface area contributed by atoms with Crippen LogP contribution in [0.3, 0.4) is 0 Å². The Bertz CT molecular complexity index is 2110. The lowest BCUT2D eigenvalue weighted by atomic mass is 10.1. The number of Topliss-reactive ketones (excluding diaryl/α,β-unsaturated/α-hetero) is 1. The smallest absolute Gasteiger partial charge is 0.264 e. The van der Waals surface area contributed by atoms with Crippen LogP contribution in [0.15, 0.2) is 137 Å². The van der Waals surface area contributed by atoms with E-state index in [0.29, 0.717) is 43.9 Å². The monoisotopic (exact) mass is 819 g/mol. The maximum Gasteiger partial charge on any atom is 0.264 e. The van der Waals surface area contributed by atoms with Crippen molar-refractivity contribution in [2.45, 2.75) is 38.1 Å². The minimum absolute atomic E-state index is 0.0958. The van der Waals surface area contributed by atoms with Gasteiger partial charge >= 0.3 is 0 Å². The summed E-state index contributed by atoms with van der Waals surface area (Å²) in [5.74, 6) is 0.714. The van der Waals surface area contributed by atoms with Gasteiger partial charge in [0.25, 0.3) is 10.0 Å². The molecule has 280 valence electrons. The molecule has 0 saturated carbocycles. The summed E-state index contributed by atoms with van der Waals surface area (Å²) in [5, 5.41) is 3.32. The lowest BCUT2D eigenvalue weighted by Gasteiger charge is -2.25. The molecule has 0 aliphatic rings. The van der Waals surface area contributed by atoms with Gasteiger partial charge in [-0.2, -0.15) is 0 Å². The highest BCUT2D eigenvalue weighted by Gasteiger charge is 2.24. The number of methoxy groups -OCH3 is 1. The van der Waals surface area contributed by atoms with Crippen LogP contribution in [-0.4, -0.2) is 55.6 Å². The van der Waals surface area contributed by atoms with Gasteiger partial charge in [0.1, 0.15) is 5.75 Å². The summed E-state index contributed by atoms with van der Waals surface area (Å²) in [4.78, 5) is 12.6. The van der Waals surface area contributed by atoms with E-state index < -0.39 is 20.0 Å². The lowest BCUT2D eigenvalue weighted by molar-refractivity contribution is -0.117. The number of nitrogens with zero attached hydrogens (tertiary/aromatic N) is 2. The van der Waals surface area contributed by atoms with E-state index in [1.54, 1.807) is 61.7 Å². The van der Waals surface area contributed by atoms with Crippen LogP contribution in [0.4, 0.5) is 11.4 Å². The minimum Gasteiger partial charge on any atom is -0.497 e. The van der Waals surface area contributed by atoms with Crippen LogP contribution >= 0.6 is 15.9 Å². The van der Waals surface area contributed by atoms with E-state index in [0.717, 1.165) is 33.2 Å². The van der Waals surface area contributed by atoms with Gasteiger partial charge in [-0.05, 0) is 92.1 Å². The van der Waals surface area contributed by atoms with E-state index >= 15 is 0 Å². The molecule has 0 aliphatic heterocycles. The highest BCUT2D eigenvalue weighted by atomic mass is 79.9. The maximum atomic E-state index is 13.2. The Morgan fingerprint density at radius 3 is 1.79 bits per heavy atom. The van der Waals surface area contributed by atoms with Crippen molar-refractivity contribution in [3.05, 3.63) is 154 Å². The fourth-order valence-electron chi connectivity index (χ4n) is 5.26. The number of aryl methyl sites for hydroxylation is 3. The third-order valence-electron chi connectivity index (χ3n) is 8.28. The summed E-state index contributed by atoms with van der Waals surface area (Å²) >= 11 is 3.40. The number of rotatable bonds is 16. The van der Waals surface area contributed by atoms with Gasteiger partial charge in [-0.1, -0.05) is 93.8 Å². The first-order valence-corrected chi connectivity index (χ1v) is 21.1. The molecular weight excluding hydrogens is 775 g/mol. The van der Waals surface area contributed by atoms with Crippen molar-refractivity contribution in [3.8, 4) is 5.75 Å². The molecule has 0 unspecified atom stereocenters. The van der Waals surface area contributed by atoms with Crippen molar-refractivity contribution in [2.24, 2.45) is 0 Å². The molecule has 5 aromatic rings. The molecule has 0 fully saturated rings. The second-order valence-corrected chi connectivity index (χ2v) is 17.2. The van der Waals surface area contributed by atoms with Gasteiger partial charge in [0, 0.05) is 30.5 Å². The first-order valence-electron chi connectivity index (χ1n) is 17.0. The second-order valence-electron chi connectivity index (χ2n) is 12.5. The van der Waals surface area contributed by atoms with Crippen LogP contribution in [-0.2, 0) is 37.8 Å². The zero-order chi connectivity index (χ0) is 38.4. The molecule has 9 nitrogen and oxygen atoms in total. The molecule has 0 bridgehead atoms. The molecule has 0 saturated heterocycles. The largest absolute Gasteiger partial charge is 0.497 e. The SMILES string of the molecule is COc1ccc(CNCCN(c2ccc(Br)cc2)S(=O)(=O)c2ccccc2)cc1.Cc1ccc(CCC(=O)CN(c2ccc(C)cc2)S(C)(=O)=O)cc1. The minimum atomic E-state index is -3.66. The number of ether oxygens (including phenoxy) is 1. The average molecular weight is 821 g/mol. The van der Waals surface area contributed by atoms with E-state index in [4.69, 9.17) is 4.74 Å². The molecule has 0 radical (unpaired) electrons. The molecule has 12 heteroatoms. The van der Waals surface area contributed by atoms with Crippen molar-refractivity contribution >= 4 is 53.1 Å². The third kappa shape index (κ3) is 12.8. The molecule has 0 heterocycles. The molecule has 0 spiro atoms. The Morgan fingerprint density at radius 2 is 1.23 bits per heavy atom.